The van der Waals surface area contributed by atoms with Crippen molar-refractivity contribution >= 4 is 68.8 Å². The lowest BCUT2D eigenvalue weighted by Crippen LogP contribution is -2.35. The molecule has 22 heteroatoms. The maximum atomic E-state index is 15.6. The molecule has 10 atom stereocenters. The van der Waals surface area contributed by atoms with Crippen molar-refractivity contribution < 1.29 is 41.9 Å². The first-order chi connectivity index (χ1) is 21.1. The molecule has 2 saturated heterocycles. The number of hydrogen-bond donors (Lipinski definition) is 4. The summed E-state index contributed by atoms with van der Waals surface area (Å²) in [6, 6.07) is 0. The van der Waals surface area contributed by atoms with E-state index in [1.165, 1.54) is 34.4 Å². The third-order valence-electron chi connectivity index (χ3n) is 7.36. The van der Waals surface area contributed by atoms with Crippen molar-refractivity contribution in [2.75, 3.05) is 24.7 Å². The number of ether oxygens (including phenoxy) is 2. The van der Waals surface area contributed by atoms with Crippen LogP contribution in [0.5, 0.6) is 0 Å². The quantitative estimate of drug-likeness (QED) is 0.0977. The molecule has 0 spiro atoms. The number of aromatic nitrogens is 8. The molecule has 0 radical (unpaired) electrons. The lowest BCUT2D eigenvalue weighted by Gasteiger charge is -2.24. The van der Waals surface area contributed by atoms with Crippen LogP contribution in [0.1, 0.15) is 18.9 Å². The van der Waals surface area contributed by atoms with Gasteiger partial charge in [0.25, 0.3) is 0 Å². The molecule has 4 aromatic rings. The smallest absolute Gasteiger partial charge is 0.386 e. The Morgan fingerprint density at radius 3 is 2.18 bits per heavy atom. The number of rotatable bonds is 11. The van der Waals surface area contributed by atoms with E-state index in [-0.39, 0.29) is 47.0 Å². The summed E-state index contributed by atoms with van der Waals surface area (Å²) in [6.07, 6.45) is -3.22. The van der Waals surface area contributed by atoms with Crippen LogP contribution in [0.4, 0.5) is 16.0 Å². The van der Waals surface area contributed by atoms with Gasteiger partial charge in [-0.3, -0.25) is 18.2 Å². The third kappa shape index (κ3) is 5.65. The molecule has 2 fully saturated rings. The van der Waals surface area contributed by atoms with Gasteiger partial charge in [0, 0.05) is 21.8 Å². The number of hydrogen-bond acceptors (Lipinski definition) is 16. The number of halogens is 1. The van der Waals surface area contributed by atoms with E-state index in [9.17, 15) is 14.5 Å². The van der Waals surface area contributed by atoms with Crippen LogP contribution in [-0.2, 0) is 32.4 Å². The maximum Gasteiger partial charge on any atom is 0.386 e. The summed E-state index contributed by atoms with van der Waals surface area (Å²) in [5.74, 6) is -0.705. The van der Waals surface area contributed by atoms with Crippen LogP contribution in [0.3, 0.4) is 0 Å². The first-order valence-corrected chi connectivity index (χ1v) is 16.2. The molecule has 18 nitrogen and oxygen atoms in total. The van der Waals surface area contributed by atoms with Crippen LogP contribution in [0, 0.1) is 5.92 Å². The highest BCUT2D eigenvalue weighted by Crippen LogP contribution is 2.57. The Hall–Kier alpha value is -2.93. The molecule has 44 heavy (non-hydrogen) atoms. The molecule has 2 aliphatic heterocycles. The zero-order valence-corrected chi connectivity index (χ0v) is 25.5. The Kier molecular flexibility index (Phi) is 8.80. The monoisotopic (exact) mass is 672 g/mol. The van der Waals surface area contributed by atoms with E-state index < -0.39 is 62.4 Å². The predicted molar refractivity (Wildman–Crippen MR) is 155 cm³/mol. The zero-order valence-electron chi connectivity index (χ0n) is 22.5. The molecule has 236 valence electrons. The molecule has 0 aliphatic carbocycles. The normalized spacial score (nSPS) is 30.3. The van der Waals surface area contributed by atoms with Gasteiger partial charge in [-0.25, -0.2) is 38.9 Å². The summed E-state index contributed by atoms with van der Waals surface area (Å²) in [5, 5.41) is 11.2. The minimum absolute atomic E-state index is 0.0965. The first-order valence-electron chi connectivity index (χ1n) is 13.0. The van der Waals surface area contributed by atoms with Gasteiger partial charge in [0.1, 0.15) is 66.8 Å². The fourth-order valence-corrected chi connectivity index (χ4v) is 7.00. The average molecular weight is 673 g/mol. The van der Waals surface area contributed by atoms with Gasteiger partial charge in [0.05, 0.1) is 25.9 Å². The van der Waals surface area contributed by atoms with E-state index in [4.69, 9.17) is 34.5 Å². The average Bonchev–Trinajstić information content (AvgIpc) is 3.75. The molecule has 6 heterocycles. The standard InChI is InChI=1S/C22H27FN10O8P2S/c23-12-9(1-2-34)21(32-7-30-13-17(24)26-5-28-19(13)32)39-10(12)4-38-43(36,44)41-16-11(3-37-42)40-22(15(16)35)33-8-31-14-18(25)27-6-29-20(14)33/h2,5-12,15-16,21-22,35H,1,3-4,42H2,(H,36,44)(H2,24,26,28)(H2,25,27,29)/t9-,10-,11-,12+,15-,16-,21-,22-,43-/m1/s1. The van der Waals surface area contributed by atoms with E-state index in [1.807, 2.05) is 9.47 Å². The number of alkyl halides is 1. The Balaban J connectivity index is 1.17. The number of fused-ring (bicyclic) bond motifs is 2. The van der Waals surface area contributed by atoms with E-state index >= 15 is 4.39 Å². The highest BCUT2D eigenvalue weighted by Gasteiger charge is 2.50. The van der Waals surface area contributed by atoms with Gasteiger partial charge < -0.3 is 35.4 Å². The van der Waals surface area contributed by atoms with Gasteiger partial charge in [0.15, 0.2) is 29.2 Å². The lowest BCUT2D eigenvalue weighted by atomic mass is 9.98. The van der Waals surface area contributed by atoms with Crippen LogP contribution >= 0.6 is 28.5 Å². The fraction of sp³-hybridized carbons (Fsp3) is 0.500. The maximum absolute atomic E-state index is 15.6. The molecule has 0 saturated carbocycles. The van der Waals surface area contributed by atoms with Crippen molar-refractivity contribution in [1.29, 1.82) is 0 Å². The summed E-state index contributed by atoms with van der Waals surface area (Å²) in [4.78, 5) is 35.8. The number of anilines is 2. The second-order valence-electron chi connectivity index (χ2n) is 9.97. The minimum Gasteiger partial charge on any atom is -0.386 e. The Bertz CT molecular complexity index is 1720. The van der Waals surface area contributed by atoms with Crippen molar-refractivity contribution in [2.45, 2.75) is 49.5 Å². The van der Waals surface area contributed by atoms with Gasteiger partial charge in [-0.15, -0.1) is 0 Å². The number of imidazole rings is 2. The van der Waals surface area contributed by atoms with Gasteiger partial charge in [-0.2, -0.15) is 0 Å². The van der Waals surface area contributed by atoms with E-state index in [2.05, 4.69) is 42.2 Å². The summed E-state index contributed by atoms with van der Waals surface area (Å²) in [7, 11) is 2.05. The number of nitrogen functional groups attached to an aromatic ring is 2. The topological polar surface area (TPSA) is 240 Å². The highest BCUT2D eigenvalue weighted by molar-refractivity contribution is 8.44. The van der Waals surface area contributed by atoms with E-state index in [0.29, 0.717) is 6.29 Å². The molecular formula is C22H27FN10O8P2S. The number of aldehydes is 1. The van der Waals surface area contributed by atoms with Crippen molar-refractivity contribution in [3.05, 3.63) is 25.3 Å². The van der Waals surface area contributed by atoms with Crippen molar-refractivity contribution in [3.8, 4) is 0 Å². The third-order valence-corrected chi connectivity index (χ3v) is 9.17. The van der Waals surface area contributed by atoms with Crippen molar-refractivity contribution in [2.24, 2.45) is 5.92 Å². The van der Waals surface area contributed by atoms with Crippen molar-refractivity contribution in [1.82, 2.24) is 39.0 Å². The lowest BCUT2D eigenvalue weighted by molar-refractivity contribution is -0.109. The first kappa shape index (κ1) is 31.1. The second kappa shape index (κ2) is 12.5. The molecule has 5 N–H and O–H groups in total. The number of nitrogens with zero attached hydrogens (tertiary/aromatic N) is 8. The summed E-state index contributed by atoms with van der Waals surface area (Å²) >= 11 is 4.06. The fourth-order valence-electron chi connectivity index (χ4n) is 5.32. The molecule has 0 aromatic carbocycles. The Morgan fingerprint density at radius 2 is 1.59 bits per heavy atom. The zero-order chi connectivity index (χ0) is 31.2. The van der Waals surface area contributed by atoms with Crippen molar-refractivity contribution in [3.63, 3.8) is 0 Å². The van der Waals surface area contributed by atoms with Crippen LogP contribution in [0.25, 0.3) is 22.3 Å². The molecule has 0 amide bonds. The largest absolute Gasteiger partial charge is 0.386 e. The van der Waals surface area contributed by atoms with E-state index in [1.54, 1.807) is 0 Å². The molecule has 0 bridgehead atoms. The number of carbonyl (C=O) groups excluding carboxylic acids is 1. The van der Waals surface area contributed by atoms with Gasteiger partial charge in [0.2, 0.25) is 0 Å². The van der Waals surface area contributed by atoms with Gasteiger partial charge in [-0.1, -0.05) is 12.2 Å². The Labute approximate surface area is 255 Å². The summed E-state index contributed by atoms with van der Waals surface area (Å²) in [5.41, 5.74) is 12.9. The molecular weight excluding hydrogens is 645 g/mol. The number of nitrogens with two attached hydrogens (primary N) is 2. The molecule has 1 unspecified atom stereocenters. The number of aliphatic hydroxyl groups is 1. The number of thiol groups is 1. The van der Waals surface area contributed by atoms with Gasteiger partial charge in [-0.05, 0) is 0 Å². The van der Waals surface area contributed by atoms with Crippen LogP contribution in [0.2, 0.25) is 0 Å². The predicted octanol–water partition coefficient (Wildman–Crippen LogP) is 0.776. The second-order valence-corrected chi connectivity index (χ2v) is 13.2. The van der Waals surface area contributed by atoms with Crippen LogP contribution in [0.15, 0.2) is 25.3 Å². The SMILES string of the molecule is Nc1ncnc2c1ncn2[C@@H]1O[C@H](COP)[C@@H](O[P@](=O)(S)OC[C@H]2O[C@@H](n3cnc4c(N)ncnc43)[C@H](CC=O)[C@@H]2F)[C@H]1O. The molecule has 4 aromatic heterocycles. The Morgan fingerprint density at radius 1 is 1.00 bits per heavy atom. The van der Waals surface area contributed by atoms with Crippen LogP contribution < -0.4 is 11.5 Å². The number of aliphatic hydroxyl groups excluding tert-OH is 1. The highest BCUT2D eigenvalue weighted by atomic mass is 32.7. The van der Waals surface area contributed by atoms with E-state index in [0.717, 1.165) is 0 Å². The van der Waals surface area contributed by atoms with Gasteiger partial charge >= 0.3 is 6.80 Å². The summed E-state index contributed by atoms with van der Waals surface area (Å²) in [6.45, 7) is -4.96. The molecule has 2 aliphatic rings. The number of carbonyl (C=O) groups is 1. The van der Waals surface area contributed by atoms with Crippen LogP contribution in [-0.4, -0.2) is 94.2 Å². The minimum atomic E-state index is -4.29. The summed E-state index contributed by atoms with van der Waals surface area (Å²) < 4.78 is 59.9. The molecule has 6 rings (SSSR count).